The predicted octanol–water partition coefficient (Wildman–Crippen LogP) is -5.76. The highest BCUT2D eigenvalue weighted by Crippen LogP contribution is 2.22. The molecule has 1 saturated heterocycles. The Morgan fingerprint density at radius 1 is 0.826 bits per heavy atom. The Balaban J connectivity index is 2.55. The zero-order chi connectivity index (χ0) is 17.7. The summed E-state index contributed by atoms with van der Waals surface area (Å²) >= 11 is 0. The molecule has 1 fully saturated rings. The smallest absolute Gasteiger partial charge is 0.186 e. The first-order chi connectivity index (χ1) is 10.7. The minimum atomic E-state index is -1.86. The zero-order valence-electron chi connectivity index (χ0n) is 12.2. The summed E-state index contributed by atoms with van der Waals surface area (Å²) in [6, 6.07) is 0. The van der Waals surface area contributed by atoms with Crippen LogP contribution in [-0.4, -0.2) is 121 Å². The lowest BCUT2D eigenvalue weighted by Crippen LogP contribution is -2.59. The lowest BCUT2D eigenvalue weighted by atomic mass is 9.99. The average Bonchev–Trinajstić information content (AvgIpc) is 2.56. The van der Waals surface area contributed by atoms with Gasteiger partial charge in [-0.15, -0.1) is 0 Å². The van der Waals surface area contributed by atoms with E-state index in [-0.39, 0.29) is 0 Å². The van der Waals surface area contributed by atoms with Crippen LogP contribution in [0.4, 0.5) is 0 Å². The first-order valence-electron chi connectivity index (χ1n) is 6.99. The second-order valence-corrected chi connectivity index (χ2v) is 5.33. The van der Waals surface area contributed by atoms with Crippen molar-refractivity contribution in [3.63, 3.8) is 0 Å². The fourth-order valence-corrected chi connectivity index (χ4v) is 2.06. The van der Waals surface area contributed by atoms with Crippen LogP contribution >= 0.6 is 0 Å². The molecule has 23 heavy (non-hydrogen) atoms. The number of hydrogen-bond acceptors (Lipinski definition) is 11. The number of ether oxygens (including phenoxy) is 2. The van der Waals surface area contributed by atoms with Crippen molar-refractivity contribution in [1.82, 2.24) is 0 Å². The van der Waals surface area contributed by atoms with Crippen molar-refractivity contribution in [2.45, 2.75) is 55.1 Å². The summed E-state index contributed by atoms with van der Waals surface area (Å²) < 4.78 is 9.99. The van der Waals surface area contributed by atoms with Crippen LogP contribution in [0.25, 0.3) is 0 Å². The maximum atomic E-state index is 9.70. The minimum Gasteiger partial charge on any atom is -0.394 e. The van der Waals surface area contributed by atoms with E-state index in [0.29, 0.717) is 0 Å². The van der Waals surface area contributed by atoms with Gasteiger partial charge >= 0.3 is 0 Å². The van der Waals surface area contributed by atoms with Gasteiger partial charge in [0.1, 0.15) is 48.8 Å². The quantitative estimate of drug-likeness (QED) is 0.203. The third-order valence-corrected chi connectivity index (χ3v) is 3.61. The summed E-state index contributed by atoms with van der Waals surface area (Å²) in [6.07, 6.45) is -14.7. The molecule has 0 aromatic heterocycles. The molecule has 0 aromatic rings. The summed E-state index contributed by atoms with van der Waals surface area (Å²) in [5.41, 5.74) is 0. The van der Waals surface area contributed by atoms with E-state index in [4.69, 9.17) is 19.7 Å². The molecular formula is C12H24O11. The lowest BCUT2D eigenvalue weighted by molar-refractivity contribution is -0.306. The molecule has 0 aromatic carbocycles. The molecule has 1 aliphatic heterocycles. The molecule has 11 nitrogen and oxygen atoms in total. The summed E-state index contributed by atoms with van der Waals surface area (Å²) in [5.74, 6) is 0. The Bertz CT molecular complexity index is 341. The van der Waals surface area contributed by atoms with Gasteiger partial charge in [-0.2, -0.15) is 0 Å². The van der Waals surface area contributed by atoms with Gasteiger partial charge in [-0.1, -0.05) is 0 Å². The molecular weight excluding hydrogens is 320 g/mol. The van der Waals surface area contributed by atoms with E-state index in [1.165, 1.54) is 0 Å². The Morgan fingerprint density at radius 2 is 1.39 bits per heavy atom. The Hall–Kier alpha value is -0.440. The van der Waals surface area contributed by atoms with Gasteiger partial charge in [0.25, 0.3) is 0 Å². The van der Waals surface area contributed by atoms with E-state index < -0.39 is 74.9 Å². The van der Waals surface area contributed by atoms with Crippen LogP contribution in [0.5, 0.6) is 0 Å². The monoisotopic (exact) mass is 344 g/mol. The van der Waals surface area contributed by atoms with Crippen molar-refractivity contribution in [3.8, 4) is 0 Å². The largest absolute Gasteiger partial charge is 0.394 e. The number of rotatable bonds is 8. The SMILES string of the molecule is OCC1O[C@@H](OC[C@@H](O)[C@@H](O)[C@H](O)[C@H](O)CO)C(O)[C@@H](O)[C@H]1O. The van der Waals surface area contributed by atoms with E-state index in [0.717, 1.165) is 0 Å². The maximum Gasteiger partial charge on any atom is 0.186 e. The second kappa shape index (κ2) is 9.15. The molecule has 0 aliphatic carbocycles. The van der Waals surface area contributed by atoms with Gasteiger partial charge in [-0.05, 0) is 0 Å². The van der Waals surface area contributed by atoms with E-state index in [1.54, 1.807) is 0 Å². The highest BCUT2D eigenvalue weighted by molar-refractivity contribution is 4.89. The fraction of sp³-hybridized carbons (Fsp3) is 1.00. The molecule has 1 heterocycles. The Labute approximate surface area is 131 Å². The van der Waals surface area contributed by atoms with Gasteiger partial charge in [-0.3, -0.25) is 0 Å². The normalized spacial score (nSPS) is 37.2. The zero-order valence-corrected chi connectivity index (χ0v) is 12.2. The van der Waals surface area contributed by atoms with Crippen molar-refractivity contribution in [2.75, 3.05) is 19.8 Å². The molecule has 9 atom stereocenters. The fourth-order valence-electron chi connectivity index (χ4n) is 2.06. The van der Waals surface area contributed by atoms with Crippen LogP contribution < -0.4 is 0 Å². The summed E-state index contributed by atoms with van der Waals surface area (Å²) in [4.78, 5) is 0. The molecule has 1 rings (SSSR count). The molecule has 1 aliphatic rings. The molecule has 0 spiro atoms. The van der Waals surface area contributed by atoms with Gasteiger partial charge in [0.15, 0.2) is 6.29 Å². The number of aliphatic hydroxyl groups excluding tert-OH is 9. The maximum absolute atomic E-state index is 9.70. The molecule has 2 unspecified atom stereocenters. The third kappa shape index (κ3) is 5.01. The van der Waals surface area contributed by atoms with Crippen molar-refractivity contribution in [2.24, 2.45) is 0 Å². The molecule has 0 amide bonds. The van der Waals surface area contributed by atoms with Gasteiger partial charge in [0.2, 0.25) is 0 Å². The number of aliphatic hydroxyl groups is 9. The van der Waals surface area contributed by atoms with Gasteiger partial charge < -0.3 is 55.4 Å². The summed E-state index contributed by atoms with van der Waals surface area (Å²) in [5, 5.41) is 84.4. The van der Waals surface area contributed by atoms with E-state index in [1.807, 2.05) is 0 Å². The molecule has 9 N–H and O–H groups in total. The average molecular weight is 344 g/mol. The van der Waals surface area contributed by atoms with Gasteiger partial charge in [-0.25, -0.2) is 0 Å². The van der Waals surface area contributed by atoms with Crippen molar-refractivity contribution in [3.05, 3.63) is 0 Å². The first-order valence-corrected chi connectivity index (χ1v) is 6.99. The molecule has 138 valence electrons. The van der Waals surface area contributed by atoms with Crippen LogP contribution in [0.15, 0.2) is 0 Å². The molecule has 0 radical (unpaired) electrons. The van der Waals surface area contributed by atoms with E-state index in [9.17, 15) is 35.7 Å². The Kier molecular flexibility index (Phi) is 8.20. The lowest BCUT2D eigenvalue weighted by Gasteiger charge is -2.40. The summed E-state index contributed by atoms with van der Waals surface area (Å²) in [7, 11) is 0. The van der Waals surface area contributed by atoms with Crippen molar-refractivity contribution in [1.29, 1.82) is 0 Å². The third-order valence-electron chi connectivity index (χ3n) is 3.61. The van der Waals surface area contributed by atoms with Crippen LogP contribution in [0, 0.1) is 0 Å². The highest BCUT2D eigenvalue weighted by Gasteiger charge is 2.44. The van der Waals surface area contributed by atoms with Crippen LogP contribution in [0.1, 0.15) is 0 Å². The van der Waals surface area contributed by atoms with Crippen LogP contribution in [0.2, 0.25) is 0 Å². The van der Waals surface area contributed by atoms with Gasteiger partial charge in [0, 0.05) is 0 Å². The first kappa shape index (κ1) is 20.6. The van der Waals surface area contributed by atoms with E-state index >= 15 is 0 Å². The topological polar surface area (TPSA) is 201 Å². The molecule has 11 heteroatoms. The van der Waals surface area contributed by atoms with Crippen LogP contribution in [0.3, 0.4) is 0 Å². The highest BCUT2D eigenvalue weighted by atomic mass is 16.7. The standard InChI is InChI=1S/C12H24O11/c13-1-4(15)7(17)8(18)5(16)3-22-12-11(21)10(20)9(19)6(2-14)23-12/h4-21H,1-3H2/t4-,5-,6?,7-,8-,9+,10+,11?,12-/m1/s1. The van der Waals surface area contributed by atoms with Gasteiger partial charge in [0.05, 0.1) is 19.8 Å². The minimum absolute atomic E-state index is 0.655. The van der Waals surface area contributed by atoms with Crippen molar-refractivity contribution >= 4 is 0 Å². The van der Waals surface area contributed by atoms with Crippen molar-refractivity contribution < 1.29 is 55.4 Å². The second-order valence-electron chi connectivity index (χ2n) is 5.33. The predicted molar refractivity (Wildman–Crippen MR) is 70.8 cm³/mol. The summed E-state index contributed by atoms with van der Waals surface area (Å²) in [6.45, 7) is -2.16. The van der Waals surface area contributed by atoms with Crippen LogP contribution in [-0.2, 0) is 9.47 Å². The molecule has 0 bridgehead atoms. The molecule has 0 saturated carbocycles. The number of hydrogen-bond donors (Lipinski definition) is 9. The van der Waals surface area contributed by atoms with E-state index in [2.05, 4.69) is 0 Å². The Morgan fingerprint density at radius 3 is 1.91 bits per heavy atom.